The minimum absolute atomic E-state index is 0.103. The highest BCUT2D eigenvalue weighted by atomic mass is 16.4. The van der Waals surface area contributed by atoms with Crippen LogP contribution in [0.15, 0.2) is 0 Å². The maximum absolute atomic E-state index is 12.4. The number of urea groups is 1. The van der Waals surface area contributed by atoms with Crippen LogP contribution in [0.1, 0.15) is 52.4 Å². The van der Waals surface area contributed by atoms with Crippen molar-refractivity contribution < 1.29 is 19.8 Å². The van der Waals surface area contributed by atoms with E-state index in [-0.39, 0.29) is 19.2 Å². The van der Waals surface area contributed by atoms with Gasteiger partial charge in [0.15, 0.2) is 0 Å². The molecule has 0 aromatic heterocycles. The third-order valence-electron chi connectivity index (χ3n) is 4.18. The number of hydrogen-bond acceptors (Lipinski definition) is 3. The van der Waals surface area contributed by atoms with Crippen molar-refractivity contribution in [2.45, 2.75) is 64.0 Å². The van der Waals surface area contributed by atoms with Crippen molar-refractivity contribution in [2.75, 3.05) is 13.2 Å². The lowest BCUT2D eigenvalue weighted by Crippen LogP contribution is -2.58. The molecule has 0 bridgehead atoms. The first-order chi connectivity index (χ1) is 9.44. The van der Waals surface area contributed by atoms with Gasteiger partial charge in [0.1, 0.15) is 5.54 Å². The molecule has 6 nitrogen and oxygen atoms in total. The minimum Gasteiger partial charge on any atom is -0.480 e. The lowest BCUT2D eigenvalue weighted by molar-refractivity contribution is -0.143. The highest BCUT2D eigenvalue weighted by molar-refractivity contribution is 5.86. The van der Waals surface area contributed by atoms with E-state index in [0.29, 0.717) is 6.42 Å². The molecule has 1 unspecified atom stereocenters. The van der Waals surface area contributed by atoms with Gasteiger partial charge in [-0.3, -0.25) is 0 Å². The molecule has 1 saturated carbocycles. The first-order valence-corrected chi connectivity index (χ1v) is 7.37. The Bertz CT molecular complexity index is 342. The number of carboxylic acids is 1. The SMILES string of the molecule is CCC(C)(NC(=O)N(CCO)C1CCCCC1)C(=O)O. The second-order valence-electron chi connectivity index (χ2n) is 5.63. The smallest absolute Gasteiger partial charge is 0.329 e. The molecule has 0 radical (unpaired) electrons. The number of carboxylic acid groups (broad SMARTS) is 1. The zero-order chi connectivity index (χ0) is 15.2. The monoisotopic (exact) mass is 286 g/mol. The van der Waals surface area contributed by atoms with Crippen molar-refractivity contribution in [3.8, 4) is 0 Å². The summed E-state index contributed by atoms with van der Waals surface area (Å²) in [4.78, 5) is 25.2. The van der Waals surface area contributed by atoms with Gasteiger partial charge in [-0.25, -0.2) is 9.59 Å². The largest absolute Gasteiger partial charge is 0.480 e. The van der Waals surface area contributed by atoms with Crippen LogP contribution in [0.25, 0.3) is 0 Å². The van der Waals surface area contributed by atoms with Crippen molar-refractivity contribution in [3.63, 3.8) is 0 Å². The van der Waals surface area contributed by atoms with Gasteiger partial charge in [-0.2, -0.15) is 0 Å². The Kier molecular flexibility index (Phi) is 6.26. The van der Waals surface area contributed by atoms with E-state index in [9.17, 15) is 14.7 Å². The molecular weight excluding hydrogens is 260 g/mol. The molecule has 1 aliphatic rings. The second-order valence-corrected chi connectivity index (χ2v) is 5.63. The van der Waals surface area contributed by atoms with Gasteiger partial charge in [0.25, 0.3) is 0 Å². The fourth-order valence-electron chi connectivity index (χ4n) is 2.55. The average Bonchev–Trinajstić information content (AvgIpc) is 2.45. The van der Waals surface area contributed by atoms with Crippen LogP contribution in [0.4, 0.5) is 4.79 Å². The maximum atomic E-state index is 12.4. The Morgan fingerprint density at radius 1 is 1.30 bits per heavy atom. The van der Waals surface area contributed by atoms with Crippen molar-refractivity contribution in [1.82, 2.24) is 10.2 Å². The molecule has 0 saturated heterocycles. The first-order valence-electron chi connectivity index (χ1n) is 7.37. The van der Waals surface area contributed by atoms with Gasteiger partial charge in [0.2, 0.25) is 0 Å². The first kappa shape index (κ1) is 16.8. The molecule has 0 heterocycles. The number of aliphatic hydroxyl groups excluding tert-OH is 1. The quantitative estimate of drug-likeness (QED) is 0.691. The molecule has 1 aliphatic carbocycles. The zero-order valence-corrected chi connectivity index (χ0v) is 12.4. The number of amides is 2. The third kappa shape index (κ3) is 4.10. The van der Waals surface area contributed by atoms with Gasteiger partial charge >= 0.3 is 12.0 Å². The molecule has 1 fully saturated rings. The van der Waals surface area contributed by atoms with E-state index in [0.717, 1.165) is 25.7 Å². The molecule has 6 heteroatoms. The third-order valence-corrected chi connectivity index (χ3v) is 4.18. The summed E-state index contributed by atoms with van der Waals surface area (Å²) in [5.41, 5.74) is -1.26. The van der Waals surface area contributed by atoms with Crippen LogP contribution in [0.2, 0.25) is 0 Å². The van der Waals surface area contributed by atoms with Gasteiger partial charge in [-0.05, 0) is 26.2 Å². The van der Waals surface area contributed by atoms with Crippen LogP contribution in [-0.2, 0) is 4.79 Å². The van der Waals surface area contributed by atoms with Crippen LogP contribution in [0.5, 0.6) is 0 Å². The van der Waals surface area contributed by atoms with Crippen LogP contribution < -0.4 is 5.32 Å². The summed E-state index contributed by atoms with van der Waals surface area (Å²) in [5, 5.41) is 21.0. The normalized spacial score (nSPS) is 19.1. The van der Waals surface area contributed by atoms with Crippen LogP contribution >= 0.6 is 0 Å². The van der Waals surface area contributed by atoms with Gasteiger partial charge in [0, 0.05) is 12.6 Å². The highest BCUT2D eigenvalue weighted by Gasteiger charge is 2.35. The van der Waals surface area contributed by atoms with Gasteiger partial charge in [0.05, 0.1) is 6.61 Å². The van der Waals surface area contributed by atoms with E-state index in [1.807, 2.05) is 0 Å². The summed E-state index contributed by atoms with van der Waals surface area (Å²) in [6.45, 7) is 3.37. The summed E-state index contributed by atoms with van der Waals surface area (Å²) in [7, 11) is 0. The molecule has 20 heavy (non-hydrogen) atoms. The van der Waals surface area contributed by atoms with Crippen molar-refractivity contribution in [2.24, 2.45) is 0 Å². The molecule has 0 spiro atoms. The van der Waals surface area contributed by atoms with Crippen molar-refractivity contribution >= 4 is 12.0 Å². The van der Waals surface area contributed by atoms with E-state index < -0.39 is 17.5 Å². The predicted octanol–water partition coefficient (Wildman–Crippen LogP) is 1.58. The highest BCUT2D eigenvalue weighted by Crippen LogP contribution is 2.23. The summed E-state index contributed by atoms with van der Waals surface area (Å²) in [5.74, 6) is -1.04. The molecule has 2 amide bonds. The van der Waals surface area contributed by atoms with Gasteiger partial charge < -0.3 is 20.4 Å². The number of carbonyl (C=O) groups excluding carboxylic acids is 1. The molecule has 0 aromatic carbocycles. The fraction of sp³-hybridized carbons (Fsp3) is 0.857. The zero-order valence-electron chi connectivity index (χ0n) is 12.4. The van der Waals surface area contributed by atoms with E-state index in [1.165, 1.54) is 13.3 Å². The lowest BCUT2D eigenvalue weighted by atomic mass is 9.94. The van der Waals surface area contributed by atoms with Crippen molar-refractivity contribution in [1.29, 1.82) is 0 Å². The Labute approximate surface area is 120 Å². The number of nitrogens with one attached hydrogen (secondary N) is 1. The van der Waals surface area contributed by atoms with E-state index in [4.69, 9.17) is 5.11 Å². The topological polar surface area (TPSA) is 89.9 Å². The number of aliphatic hydroxyl groups is 1. The number of carbonyl (C=O) groups is 2. The van der Waals surface area contributed by atoms with E-state index in [1.54, 1.807) is 11.8 Å². The molecule has 116 valence electrons. The van der Waals surface area contributed by atoms with E-state index >= 15 is 0 Å². The fourth-order valence-corrected chi connectivity index (χ4v) is 2.55. The maximum Gasteiger partial charge on any atom is 0.329 e. The molecule has 3 N–H and O–H groups in total. The standard InChI is InChI=1S/C14H26N2O4/c1-3-14(2,12(18)19)15-13(20)16(9-10-17)11-7-5-4-6-8-11/h11,17H,3-10H2,1-2H3,(H,15,20)(H,18,19). The Balaban J connectivity index is 2.75. The van der Waals surface area contributed by atoms with E-state index in [2.05, 4.69) is 5.32 Å². The molecule has 0 aliphatic heterocycles. The molecule has 1 atom stereocenters. The molecule has 0 aromatic rings. The summed E-state index contributed by atoms with van der Waals surface area (Å²) in [6.07, 6.45) is 5.47. The molecular formula is C14H26N2O4. The van der Waals surface area contributed by atoms with Crippen LogP contribution in [-0.4, -0.2) is 51.8 Å². The van der Waals surface area contributed by atoms with Gasteiger partial charge in [-0.15, -0.1) is 0 Å². The van der Waals surface area contributed by atoms with Crippen LogP contribution in [0, 0.1) is 0 Å². The number of rotatable bonds is 6. The van der Waals surface area contributed by atoms with Crippen LogP contribution in [0.3, 0.4) is 0 Å². The molecule has 1 rings (SSSR count). The Morgan fingerprint density at radius 3 is 2.35 bits per heavy atom. The van der Waals surface area contributed by atoms with Crippen molar-refractivity contribution in [3.05, 3.63) is 0 Å². The summed E-state index contributed by atoms with van der Waals surface area (Å²) >= 11 is 0. The van der Waals surface area contributed by atoms with Gasteiger partial charge in [-0.1, -0.05) is 26.2 Å². The minimum atomic E-state index is -1.26. The second kappa shape index (κ2) is 7.47. The Hall–Kier alpha value is -1.30. The number of nitrogens with zero attached hydrogens (tertiary/aromatic N) is 1. The average molecular weight is 286 g/mol. The summed E-state index contributed by atoms with van der Waals surface area (Å²) in [6, 6.07) is -0.288. The number of hydrogen-bond donors (Lipinski definition) is 3. The number of aliphatic carboxylic acids is 1. The summed E-state index contributed by atoms with van der Waals surface area (Å²) < 4.78 is 0. The lowest BCUT2D eigenvalue weighted by Gasteiger charge is -2.36. The Morgan fingerprint density at radius 2 is 1.90 bits per heavy atom. The predicted molar refractivity (Wildman–Crippen MR) is 75.5 cm³/mol.